The summed E-state index contributed by atoms with van der Waals surface area (Å²) in [6.45, 7) is 7.51. The van der Waals surface area contributed by atoms with Gasteiger partial charge in [-0.2, -0.15) is 24.4 Å². The van der Waals surface area contributed by atoms with E-state index >= 15 is 0 Å². The van der Waals surface area contributed by atoms with Gasteiger partial charge in [-0.1, -0.05) is 12.1 Å². The molecule has 0 unspecified atom stereocenters. The van der Waals surface area contributed by atoms with Gasteiger partial charge in [-0.05, 0) is 49.5 Å². The zero-order valence-electron chi connectivity index (χ0n) is 16.4. The first-order chi connectivity index (χ1) is 12.0. The van der Waals surface area contributed by atoms with E-state index in [2.05, 4.69) is 41.7 Å². The molecule has 1 aromatic rings. The van der Waals surface area contributed by atoms with Crippen LogP contribution in [-0.4, -0.2) is 71.7 Å². The van der Waals surface area contributed by atoms with Gasteiger partial charge >= 0.3 is 0 Å². The van der Waals surface area contributed by atoms with Crippen molar-refractivity contribution in [3.05, 3.63) is 34.9 Å². The summed E-state index contributed by atoms with van der Waals surface area (Å²) >= 11 is 6.13. The molecule has 27 heavy (non-hydrogen) atoms. The molecule has 1 aromatic carbocycles. The summed E-state index contributed by atoms with van der Waals surface area (Å²) in [6.07, 6.45) is 3.14. The third kappa shape index (κ3) is 7.33. The average molecular weight is 455 g/mol. The van der Waals surface area contributed by atoms with Gasteiger partial charge in [-0.15, -0.1) is 24.8 Å². The number of carbonyl (C=O) groups excluding carboxylic acids is 1. The Morgan fingerprint density at radius 2 is 2.04 bits per heavy atom. The average Bonchev–Trinajstić information content (AvgIpc) is 2.61. The lowest BCUT2D eigenvalue weighted by atomic mass is 10.0. The van der Waals surface area contributed by atoms with Gasteiger partial charge in [0.15, 0.2) is 0 Å². The minimum Gasteiger partial charge on any atom is -0.333 e. The lowest BCUT2D eigenvalue weighted by Crippen LogP contribution is -2.57. The molecule has 1 amide bonds. The van der Waals surface area contributed by atoms with Crippen molar-refractivity contribution in [3.8, 4) is 0 Å². The lowest BCUT2D eigenvalue weighted by Gasteiger charge is -2.42. The smallest absolute Gasteiger partial charge is 0.254 e. The number of halogens is 2. The maximum atomic E-state index is 13.2. The highest BCUT2D eigenvalue weighted by Crippen LogP contribution is 2.21. The number of piperazine rings is 1. The topological polar surface area (TPSA) is 49.6 Å². The van der Waals surface area contributed by atoms with E-state index in [1.165, 1.54) is 5.56 Å². The summed E-state index contributed by atoms with van der Waals surface area (Å²) in [6, 6.07) is 6.34. The van der Waals surface area contributed by atoms with E-state index in [0.717, 1.165) is 49.5 Å². The summed E-state index contributed by atoms with van der Waals surface area (Å²) in [7, 11) is 0. The zero-order valence-corrected chi connectivity index (χ0v) is 19.7. The second kappa shape index (κ2) is 13.2. The van der Waals surface area contributed by atoms with Crippen molar-refractivity contribution in [2.45, 2.75) is 32.4 Å². The Hall–Kier alpha value is -0.110. The van der Waals surface area contributed by atoms with Crippen LogP contribution in [-0.2, 0) is 0 Å². The predicted octanol–water partition coefficient (Wildman–Crippen LogP) is 3.28. The molecule has 0 radical (unpaired) electrons. The van der Waals surface area contributed by atoms with Gasteiger partial charge < -0.3 is 10.6 Å². The molecule has 1 fully saturated rings. The molecule has 0 saturated carbocycles. The van der Waals surface area contributed by atoms with Gasteiger partial charge in [0, 0.05) is 49.6 Å². The van der Waals surface area contributed by atoms with E-state index in [0.29, 0.717) is 5.75 Å². The number of nitrogens with two attached hydrogens (primary N) is 1. The number of amides is 1. The first-order valence-corrected chi connectivity index (χ1v) is 11.0. The Kier molecular flexibility index (Phi) is 13.1. The lowest BCUT2D eigenvalue weighted by molar-refractivity contribution is 0.0440. The highest BCUT2D eigenvalue weighted by atomic mass is 35.5. The largest absolute Gasteiger partial charge is 0.333 e. The van der Waals surface area contributed by atoms with Gasteiger partial charge in [-0.25, -0.2) is 0 Å². The maximum absolute atomic E-state index is 13.2. The van der Waals surface area contributed by atoms with Crippen LogP contribution in [0.5, 0.6) is 0 Å². The van der Waals surface area contributed by atoms with E-state index in [1.54, 1.807) is 0 Å². The van der Waals surface area contributed by atoms with Crippen molar-refractivity contribution in [2.75, 3.05) is 43.9 Å². The highest BCUT2D eigenvalue weighted by Gasteiger charge is 2.31. The number of nitrogens with zero attached hydrogens (tertiary/aromatic N) is 2. The van der Waals surface area contributed by atoms with Crippen LogP contribution in [0, 0.1) is 13.8 Å². The Morgan fingerprint density at radius 3 is 2.67 bits per heavy atom. The first-order valence-electron chi connectivity index (χ1n) is 8.92. The van der Waals surface area contributed by atoms with Gasteiger partial charge in [0.2, 0.25) is 0 Å². The number of hydrogen-bond donors (Lipinski definition) is 2. The van der Waals surface area contributed by atoms with Crippen LogP contribution in [0.4, 0.5) is 0 Å². The van der Waals surface area contributed by atoms with Gasteiger partial charge in [0.1, 0.15) is 0 Å². The second-order valence-electron chi connectivity index (χ2n) is 6.88. The van der Waals surface area contributed by atoms with Crippen molar-refractivity contribution in [1.82, 2.24) is 9.80 Å². The fraction of sp³-hybridized carbons (Fsp3) is 0.632. The molecule has 1 heterocycles. The van der Waals surface area contributed by atoms with Gasteiger partial charge in [-0.3, -0.25) is 9.69 Å². The van der Waals surface area contributed by atoms with Crippen LogP contribution in [0.25, 0.3) is 0 Å². The molecular weight excluding hydrogens is 421 g/mol. The number of thioether (sulfide) groups is 1. The predicted molar refractivity (Wildman–Crippen MR) is 127 cm³/mol. The molecule has 4 nitrogen and oxygen atoms in total. The summed E-state index contributed by atoms with van der Waals surface area (Å²) in [4.78, 5) is 17.7. The molecule has 156 valence electrons. The van der Waals surface area contributed by atoms with Crippen molar-refractivity contribution >= 4 is 55.1 Å². The third-order valence-corrected chi connectivity index (χ3v) is 6.16. The molecule has 2 N–H and O–H groups in total. The molecule has 1 aliphatic rings. The monoisotopic (exact) mass is 453 g/mol. The fourth-order valence-electron chi connectivity index (χ4n) is 3.38. The van der Waals surface area contributed by atoms with Crippen LogP contribution in [0.1, 0.15) is 27.9 Å². The summed E-state index contributed by atoms with van der Waals surface area (Å²) in [5.74, 6) is 1.93. The van der Waals surface area contributed by atoms with Crippen LogP contribution < -0.4 is 5.73 Å². The zero-order chi connectivity index (χ0) is 18.4. The highest BCUT2D eigenvalue weighted by molar-refractivity contribution is 7.98. The van der Waals surface area contributed by atoms with E-state index in [4.69, 9.17) is 5.73 Å². The van der Waals surface area contributed by atoms with Crippen molar-refractivity contribution < 1.29 is 4.79 Å². The number of rotatable bonds is 7. The standard InChI is InChI=1S/C19H31N3OS2.2ClH/c1-14-5-4-6-18(15(14)2)19(23)22-9-8-21(11-16(20)13-24)12-17(22)7-10-25-3;;/h4-6,16-17,24H,7-13,20H2,1-3H3;2*1H/t16-,17+;;/m1../s1. The third-order valence-electron chi connectivity index (χ3n) is 5.05. The molecule has 0 aliphatic carbocycles. The summed E-state index contributed by atoms with van der Waals surface area (Å²) in [5, 5.41) is 0. The first kappa shape index (κ1) is 26.9. The van der Waals surface area contributed by atoms with E-state index in [-0.39, 0.29) is 42.8 Å². The molecule has 8 heteroatoms. The molecule has 2 atom stereocenters. The minimum absolute atomic E-state index is 0. The summed E-state index contributed by atoms with van der Waals surface area (Å²) in [5.41, 5.74) is 9.18. The number of carbonyl (C=O) groups is 1. The quantitative estimate of drug-likeness (QED) is 0.621. The van der Waals surface area contributed by atoms with Crippen LogP contribution in [0.2, 0.25) is 0 Å². The Balaban J connectivity index is 0.00000338. The minimum atomic E-state index is 0. The fourth-order valence-corrected chi connectivity index (χ4v) is 4.00. The molecule has 0 aromatic heterocycles. The number of thiol groups is 1. The number of benzene rings is 1. The Bertz CT molecular complexity index is 592. The molecule has 0 bridgehead atoms. The van der Waals surface area contributed by atoms with Crippen LogP contribution >= 0.6 is 49.2 Å². The normalized spacial score (nSPS) is 18.4. The van der Waals surface area contributed by atoms with E-state index in [1.807, 2.05) is 30.8 Å². The van der Waals surface area contributed by atoms with Crippen molar-refractivity contribution in [1.29, 1.82) is 0 Å². The van der Waals surface area contributed by atoms with Crippen molar-refractivity contribution in [3.63, 3.8) is 0 Å². The second-order valence-corrected chi connectivity index (χ2v) is 8.23. The number of aryl methyl sites for hydroxylation is 1. The number of hydrogen-bond acceptors (Lipinski definition) is 5. The molecular formula is C19H33Cl2N3OS2. The maximum Gasteiger partial charge on any atom is 0.254 e. The van der Waals surface area contributed by atoms with E-state index < -0.39 is 0 Å². The van der Waals surface area contributed by atoms with Crippen LogP contribution in [0.3, 0.4) is 0 Å². The Labute approximate surface area is 186 Å². The van der Waals surface area contributed by atoms with Gasteiger partial charge in [0.25, 0.3) is 5.91 Å². The molecule has 2 rings (SSSR count). The Morgan fingerprint density at radius 1 is 1.33 bits per heavy atom. The molecule has 1 saturated heterocycles. The SMILES string of the molecule is CSCC[C@H]1CN(C[C@@H](N)CS)CCN1C(=O)c1cccc(C)c1C.Cl.Cl. The molecule has 1 aliphatic heterocycles. The summed E-state index contributed by atoms with van der Waals surface area (Å²) < 4.78 is 0. The van der Waals surface area contributed by atoms with Crippen LogP contribution in [0.15, 0.2) is 18.2 Å². The molecule has 0 spiro atoms. The van der Waals surface area contributed by atoms with E-state index in [9.17, 15) is 4.79 Å². The van der Waals surface area contributed by atoms with Crippen molar-refractivity contribution in [2.24, 2.45) is 5.73 Å². The van der Waals surface area contributed by atoms with Gasteiger partial charge in [0.05, 0.1) is 0 Å².